The molecule has 1 aliphatic carbocycles. The topological polar surface area (TPSA) is 12.0 Å². The molecular weight excluding hydrogens is 249 g/mol. The number of hydrogen-bond donors (Lipinski definition) is 1. The average molecular weight is 277 g/mol. The Bertz CT molecular complexity index is 404. The molecule has 1 saturated carbocycles. The van der Waals surface area contributed by atoms with Gasteiger partial charge in [-0.25, -0.2) is 4.39 Å². The lowest BCUT2D eigenvalue weighted by atomic mass is 9.70. The van der Waals surface area contributed by atoms with Crippen molar-refractivity contribution in [1.82, 2.24) is 5.32 Å². The standard InChI is InChI=1S/C18H28FN/c1-4-20-17(15-7-9-16(19)10-8-15)18(13-14(2)3)11-5-6-12-18/h7-10,14,17,20H,4-6,11-13H2,1-3H3. The maximum Gasteiger partial charge on any atom is 0.123 e. The van der Waals surface area contributed by atoms with Gasteiger partial charge >= 0.3 is 0 Å². The molecule has 1 aromatic carbocycles. The molecule has 0 amide bonds. The van der Waals surface area contributed by atoms with Gasteiger partial charge in [-0.15, -0.1) is 0 Å². The van der Waals surface area contributed by atoms with Crippen LogP contribution in [0.3, 0.4) is 0 Å². The molecule has 2 rings (SSSR count). The highest BCUT2D eigenvalue weighted by atomic mass is 19.1. The van der Waals surface area contributed by atoms with Gasteiger partial charge in [0.1, 0.15) is 5.82 Å². The molecule has 1 aromatic rings. The van der Waals surface area contributed by atoms with Crippen molar-refractivity contribution in [1.29, 1.82) is 0 Å². The Morgan fingerprint density at radius 3 is 2.25 bits per heavy atom. The molecule has 1 atom stereocenters. The van der Waals surface area contributed by atoms with Crippen LogP contribution in [0.15, 0.2) is 24.3 Å². The van der Waals surface area contributed by atoms with Crippen LogP contribution in [0.2, 0.25) is 0 Å². The summed E-state index contributed by atoms with van der Waals surface area (Å²) in [6.07, 6.45) is 6.49. The van der Waals surface area contributed by atoms with Gasteiger partial charge in [-0.05, 0) is 54.8 Å². The Labute approximate surface area is 123 Å². The molecule has 0 saturated heterocycles. The number of hydrogen-bond acceptors (Lipinski definition) is 1. The van der Waals surface area contributed by atoms with Crippen LogP contribution in [-0.2, 0) is 0 Å². The van der Waals surface area contributed by atoms with Crippen LogP contribution in [0.5, 0.6) is 0 Å². The van der Waals surface area contributed by atoms with E-state index in [1.165, 1.54) is 37.7 Å². The normalized spacial score (nSPS) is 19.4. The van der Waals surface area contributed by atoms with Crippen LogP contribution < -0.4 is 5.32 Å². The van der Waals surface area contributed by atoms with E-state index in [2.05, 4.69) is 26.1 Å². The molecule has 0 aliphatic heterocycles. The van der Waals surface area contributed by atoms with E-state index in [0.717, 1.165) is 6.54 Å². The van der Waals surface area contributed by atoms with Crippen LogP contribution in [0, 0.1) is 17.2 Å². The highest BCUT2D eigenvalue weighted by Crippen LogP contribution is 2.51. The molecule has 20 heavy (non-hydrogen) atoms. The monoisotopic (exact) mass is 277 g/mol. The molecular formula is C18H28FN. The first kappa shape index (κ1) is 15.5. The summed E-state index contributed by atoms with van der Waals surface area (Å²) in [4.78, 5) is 0. The fourth-order valence-corrected chi connectivity index (χ4v) is 4.05. The molecule has 0 heterocycles. The summed E-state index contributed by atoms with van der Waals surface area (Å²) >= 11 is 0. The summed E-state index contributed by atoms with van der Waals surface area (Å²) in [5, 5.41) is 3.68. The molecule has 1 nitrogen and oxygen atoms in total. The predicted octanol–water partition coefficient (Wildman–Crippen LogP) is 5.08. The number of rotatable bonds is 6. The second-order valence-electron chi connectivity index (χ2n) is 6.71. The van der Waals surface area contributed by atoms with Crippen LogP contribution in [0.25, 0.3) is 0 Å². The number of benzene rings is 1. The maximum atomic E-state index is 13.2. The summed E-state index contributed by atoms with van der Waals surface area (Å²) in [7, 11) is 0. The van der Waals surface area contributed by atoms with Crippen molar-refractivity contribution in [2.45, 2.75) is 58.9 Å². The van der Waals surface area contributed by atoms with Gasteiger partial charge in [-0.1, -0.05) is 45.7 Å². The number of nitrogens with one attached hydrogen (secondary N) is 1. The lowest BCUT2D eigenvalue weighted by Gasteiger charge is -2.40. The molecule has 0 radical (unpaired) electrons. The van der Waals surface area contributed by atoms with Crippen molar-refractivity contribution < 1.29 is 4.39 Å². The van der Waals surface area contributed by atoms with Crippen molar-refractivity contribution in [2.75, 3.05) is 6.54 Å². The van der Waals surface area contributed by atoms with Gasteiger partial charge < -0.3 is 5.32 Å². The molecule has 0 aromatic heterocycles. The molecule has 1 fully saturated rings. The SMILES string of the molecule is CCNC(c1ccc(F)cc1)C1(CC(C)C)CCCC1. The predicted molar refractivity (Wildman–Crippen MR) is 83.2 cm³/mol. The van der Waals surface area contributed by atoms with Crippen molar-refractivity contribution >= 4 is 0 Å². The third-order valence-corrected chi connectivity index (χ3v) is 4.64. The lowest BCUT2D eigenvalue weighted by Crippen LogP contribution is -2.37. The highest BCUT2D eigenvalue weighted by Gasteiger charge is 2.41. The summed E-state index contributed by atoms with van der Waals surface area (Å²) in [5.74, 6) is 0.558. The third kappa shape index (κ3) is 3.41. The van der Waals surface area contributed by atoms with Crippen molar-refractivity contribution in [3.63, 3.8) is 0 Å². The van der Waals surface area contributed by atoms with Gasteiger partial charge in [0.15, 0.2) is 0 Å². The molecule has 1 unspecified atom stereocenters. The van der Waals surface area contributed by atoms with E-state index in [0.29, 0.717) is 17.4 Å². The highest BCUT2D eigenvalue weighted by molar-refractivity contribution is 5.23. The van der Waals surface area contributed by atoms with Crippen LogP contribution in [0.1, 0.15) is 64.5 Å². The van der Waals surface area contributed by atoms with Gasteiger partial charge in [0.2, 0.25) is 0 Å². The van der Waals surface area contributed by atoms with E-state index in [1.807, 2.05) is 12.1 Å². The Balaban J connectivity index is 2.31. The van der Waals surface area contributed by atoms with Crippen LogP contribution >= 0.6 is 0 Å². The van der Waals surface area contributed by atoms with Gasteiger partial charge in [0, 0.05) is 6.04 Å². The zero-order valence-corrected chi connectivity index (χ0v) is 13.1. The van der Waals surface area contributed by atoms with E-state index in [1.54, 1.807) is 12.1 Å². The Morgan fingerprint density at radius 1 is 1.15 bits per heavy atom. The zero-order valence-electron chi connectivity index (χ0n) is 13.1. The Kier molecular flexibility index (Phi) is 5.20. The molecule has 0 spiro atoms. The van der Waals surface area contributed by atoms with E-state index < -0.39 is 0 Å². The average Bonchev–Trinajstić information content (AvgIpc) is 2.86. The minimum absolute atomic E-state index is 0.145. The largest absolute Gasteiger partial charge is 0.310 e. The lowest BCUT2D eigenvalue weighted by molar-refractivity contribution is 0.157. The van der Waals surface area contributed by atoms with E-state index in [9.17, 15) is 4.39 Å². The molecule has 2 heteroatoms. The zero-order chi connectivity index (χ0) is 14.6. The summed E-state index contributed by atoms with van der Waals surface area (Å²) in [5.41, 5.74) is 1.60. The molecule has 112 valence electrons. The van der Waals surface area contributed by atoms with E-state index in [4.69, 9.17) is 0 Å². The fraction of sp³-hybridized carbons (Fsp3) is 0.667. The van der Waals surface area contributed by atoms with Crippen molar-refractivity contribution in [2.24, 2.45) is 11.3 Å². The van der Waals surface area contributed by atoms with Gasteiger partial charge in [0.25, 0.3) is 0 Å². The van der Waals surface area contributed by atoms with E-state index in [-0.39, 0.29) is 5.82 Å². The number of halogens is 1. The summed E-state index contributed by atoms with van der Waals surface area (Å²) < 4.78 is 13.2. The summed E-state index contributed by atoms with van der Waals surface area (Å²) in [6, 6.07) is 7.47. The Morgan fingerprint density at radius 2 is 1.75 bits per heavy atom. The Hall–Kier alpha value is -0.890. The van der Waals surface area contributed by atoms with Crippen molar-refractivity contribution in [3.8, 4) is 0 Å². The second kappa shape index (κ2) is 6.71. The molecule has 0 bridgehead atoms. The van der Waals surface area contributed by atoms with Crippen LogP contribution in [-0.4, -0.2) is 6.54 Å². The fourth-order valence-electron chi connectivity index (χ4n) is 4.05. The minimum atomic E-state index is -0.145. The first-order valence-electron chi connectivity index (χ1n) is 8.06. The van der Waals surface area contributed by atoms with Gasteiger partial charge in [0.05, 0.1) is 0 Å². The van der Waals surface area contributed by atoms with Gasteiger partial charge in [-0.2, -0.15) is 0 Å². The first-order chi connectivity index (χ1) is 9.57. The maximum absolute atomic E-state index is 13.2. The van der Waals surface area contributed by atoms with E-state index >= 15 is 0 Å². The molecule has 1 N–H and O–H groups in total. The quantitative estimate of drug-likeness (QED) is 0.764. The second-order valence-corrected chi connectivity index (χ2v) is 6.71. The minimum Gasteiger partial charge on any atom is -0.310 e. The van der Waals surface area contributed by atoms with Gasteiger partial charge in [-0.3, -0.25) is 0 Å². The molecule has 1 aliphatic rings. The smallest absolute Gasteiger partial charge is 0.123 e. The van der Waals surface area contributed by atoms with Crippen LogP contribution in [0.4, 0.5) is 4.39 Å². The summed E-state index contributed by atoms with van der Waals surface area (Å²) in [6.45, 7) is 7.75. The van der Waals surface area contributed by atoms with Crippen molar-refractivity contribution in [3.05, 3.63) is 35.6 Å². The third-order valence-electron chi connectivity index (χ3n) is 4.64. The first-order valence-corrected chi connectivity index (χ1v) is 8.06.